The highest BCUT2D eigenvalue weighted by Crippen LogP contribution is 2.51. The SMILES string of the molecule is CCN1/C(=C/C2=CC(=C/C3Sc4ccc5c(ccc6ccccc65)c4N3CC)/CC(C)(C)C2)Sc2ccccc21. The molecule has 1 atom stereocenters. The van der Waals surface area contributed by atoms with Gasteiger partial charge in [-0.25, -0.2) is 0 Å². The van der Waals surface area contributed by atoms with Crippen LogP contribution < -0.4 is 9.80 Å². The predicted molar refractivity (Wildman–Crippen MR) is 177 cm³/mol. The first kappa shape index (κ1) is 25.9. The van der Waals surface area contributed by atoms with Crippen molar-refractivity contribution in [2.75, 3.05) is 22.9 Å². The lowest BCUT2D eigenvalue weighted by atomic mass is 9.75. The molecule has 0 saturated carbocycles. The normalized spacial score (nSPS) is 21.9. The molecule has 4 aromatic rings. The van der Waals surface area contributed by atoms with Crippen LogP contribution >= 0.6 is 23.5 Å². The molecule has 2 aliphatic heterocycles. The van der Waals surface area contributed by atoms with Crippen molar-refractivity contribution in [3.63, 3.8) is 0 Å². The Labute approximate surface area is 246 Å². The van der Waals surface area contributed by atoms with Gasteiger partial charge in [-0.1, -0.05) is 98.0 Å². The fourth-order valence-electron chi connectivity index (χ4n) is 6.76. The van der Waals surface area contributed by atoms with Gasteiger partial charge in [0.15, 0.2) is 0 Å². The van der Waals surface area contributed by atoms with Crippen LogP contribution in [0.4, 0.5) is 11.4 Å². The number of thioether (sulfide) groups is 2. The number of hydrogen-bond acceptors (Lipinski definition) is 4. The Morgan fingerprint density at radius 3 is 2.48 bits per heavy atom. The highest BCUT2D eigenvalue weighted by molar-refractivity contribution is 8.03. The molecule has 0 aromatic heterocycles. The molecule has 40 heavy (non-hydrogen) atoms. The van der Waals surface area contributed by atoms with Crippen molar-refractivity contribution < 1.29 is 0 Å². The molecule has 1 aliphatic carbocycles. The van der Waals surface area contributed by atoms with E-state index in [0.29, 0.717) is 5.37 Å². The monoisotopic (exact) mass is 560 g/mol. The van der Waals surface area contributed by atoms with E-state index in [1.54, 1.807) is 0 Å². The van der Waals surface area contributed by atoms with Crippen molar-refractivity contribution in [1.29, 1.82) is 0 Å². The van der Waals surface area contributed by atoms with E-state index in [4.69, 9.17) is 0 Å². The number of likely N-dealkylation sites (N-methyl/N-ethyl adjacent to an activating group) is 1. The Hall–Kier alpha value is -3.08. The van der Waals surface area contributed by atoms with Crippen molar-refractivity contribution >= 4 is 56.4 Å². The summed E-state index contributed by atoms with van der Waals surface area (Å²) in [7, 11) is 0. The van der Waals surface area contributed by atoms with Crippen LogP contribution in [0.1, 0.15) is 40.5 Å². The topological polar surface area (TPSA) is 6.48 Å². The van der Waals surface area contributed by atoms with Crippen LogP contribution in [0.25, 0.3) is 21.5 Å². The molecular formula is C36H36N2S2. The van der Waals surface area contributed by atoms with E-state index in [9.17, 15) is 0 Å². The summed E-state index contributed by atoms with van der Waals surface area (Å²) in [6.45, 7) is 11.4. The summed E-state index contributed by atoms with van der Waals surface area (Å²) in [5.74, 6) is 0. The molecule has 202 valence electrons. The first-order valence-corrected chi connectivity index (χ1v) is 16.2. The molecular weight excluding hydrogens is 525 g/mol. The summed E-state index contributed by atoms with van der Waals surface area (Å²) in [6.07, 6.45) is 9.71. The summed E-state index contributed by atoms with van der Waals surface area (Å²) in [4.78, 5) is 7.83. The summed E-state index contributed by atoms with van der Waals surface area (Å²) in [5.41, 5.74) is 5.88. The Morgan fingerprint density at radius 2 is 1.62 bits per heavy atom. The lowest BCUT2D eigenvalue weighted by Crippen LogP contribution is -2.28. The second-order valence-corrected chi connectivity index (χ2v) is 14.1. The van der Waals surface area contributed by atoms with Crippen LogP contribution in [-0.2, 0) is 0 Å². The Bertz CT molecular complexity index is 1730. The van der Waals surface area contributed by atoms with Gasteiger partial charge in [-0.3, -0.25) is 0 Å². The third-order valence-electron chi connectivity index (χ3n) is 8.40. The van der Waals surface area contributed by atoms with E-state index in [1.165, 1.54) is 58.9 Å². The largest absolute Gasteiger partial charge is 0.355 e. The molecule has 3 aliphatic rings. The van der Waals surface area contributed by atoms with E-state index >= 15 is 0 Å². The van der Waals surface area contributed by atoms with E-state index in [0.717, 1.165) is 25.9 Å². The number of hydrogen-bond donors (Lipinski definition) is 0. The van der Waals surface area contributed by atoms with Crippen LogP contribution in [0.2, 0.25) is 0 Å². The Balaban J connectivity index is 1.25. The number of anilines is 2. The van der Waals surface area contributed by atoms with Gasteiger partial charge in [-0.05, 0) is 89.8 Å². The van der Waals surface area contributed by atoms with E-state index in [-0.39, 0.29) is 5.41 Å². The minimum Gasteiger partial charge on any atom is -0.355 e. The minimum atomic E-state index is 0.235. The summed E-state index contributed by atoms with van der Waals surface area (Å²) < 4.78 is 0. The Kier molecular flexibility index (Phi) is 6.52. The predicted octanol–water partition coefficient (Wildman–Crippen LogP) is 10.4. The number of benzene rings is 4. The fraction of sp³-hybridized carbons (Fsp3) is 0.278. The third kappa shape index (κ3) is 4.46. The number of fused-ring (bicyclic) bond motifs is 6. The number of rotatable bonds is 4. The highest BCUT2D eigenvalue weighted by Gasteiger charge is 2.32. The van der Waals surface area contributed by atoms with Gasteiger partial charge in [0.1, 0.15) is 0 Å². The molecule has 0 saturated heterocycles. The molecule has 1 unspecified atom stereocenters. The lowest BCUT2D eigenvalue weighted by Gasteiger charge is -2.32. The molecule has 0 spiro atoms. The third-order valence-corrected chi connectivity index (χ3v) is 10.7. The lowest BCUT2D eigenvalue weighted by molar-refractivity contribution is 0.354. The zero-order chi connectivity index (χ0) is 27.4. The smallest absolute Gasteiger partial charge is 0.0988 e. The molecule has 0 fully saturated rings. The van der Waals surface area contributed by atoms with Crippen LogP contribution in [0, 0.1) is 5.41 Å². The van der Waals surface area contributed by atoms with Crippen molar-refractivity contribution in [2.45, 2.75) is 55.7 Å². The Morgan fingerprint density at radius 1 is 0.825 bits per heavy atom. The maximum absolute atomic E-state index is 2.61. The van der Waals surface area contributed by atoms with Gasteiger partial charge in [0.25, 0.3) is 0 Å². The maximum atomic E-state index is 2.61. The van der Waals surface area contributed by atoms with Crippen LogP contribution in [0.15, 0.2) is 117 Å². The quantitative estimate of drug-likeness (QED) is 0.229. The van der Waals surface area contributed by atoms with Gasteiger partial charge < -0.3 is 9.80 Å². The molecule has 0 amide bonds. The summed E-state index contributed by atoms with van der Waals surface area (Å²) in [6, 6.07) is 26.8. The second kappa shape index (κ2) is 10.1. The van der Waals surface area contributed by atoms with Gasteiger partial charge in [0, 0.05) is 28.3 Å². The molecule has 0 bridgehead atoms. The van der Waals surface area contributed by atoms with Crippen LogP contribution in [-0.4, -0.2) is 18.5 Å². The molecule has 2 nitrogen and oxygen atoms in total. The number of nitrogens with zero attached hydrogens (tertiary/aromatic N) is 2. The minimum absolute atomic E-state index is 0.235. The van der Waals surface area contributed by atoms with Crippen molar-refractivity contribution in [1.82, 2.24) is 0 Å². The summed E-state index contributed by atoms with van der Waals surface area (Å²) in [5, 5.41) is 7.03. The van der Waals surface area contributed by atoms with Gasteiger partial charge in [0.05, 0.1) is 21.8 Å². The standard InChI is InChI=1S/C36H36N2S2/c1-5-37-30-13-9-10-14-31(30)39-33(37)20-24-19-25(23-36(3,4)22-24)21-34-38(6-2)35-29-16-15-26-11-7-8-12-27(26)28(29)17-18-32(35)40-34/h7-21,34H,5-6,22-23H2,1-4H3/b25-21-,33-20-. The fourth-order valence-corrected chi connectivity index (χ4v) is 9.34. The van der Waals surface area contributed by atoms with Crippen LogP contribution in [0.3, 0.4) is 0 Å². The van der Waals surface area contributed by atoms with E-state index < -0.39 is 0 Å². The average molecular weight is 561 g/mol. The molecule has 4 aromatic carbocycles. The van der Waals surface area contributed by atoms with Gasteiger partial charge in [-0.2, -0.15) is 0 Å². The average Bonchev–Trinajstić information content (AvgIpc) is 3.48. The number of allylic oxidation sites excluding steroid dienone is 4. The molecule has 4 heteroatoms. The van der Waals surface area contributed by atoms with Crippen molar-refractivity contribution in [3.05, 3.63) is 107 Å². The zero-order valence-electron chi connectivity index (χ0n) is 23.8. The highest BCUT2D eigenvalue weighted by atomic mass is 32.2. The van der Waals surface area contributed by atoms with Crippen molar-refractivity contribution in [3.8, 4) is 0 Å². The molecule has 0 N–H and O–H groups in total. The molecule has 2 heterocycles. The molecule has 0 radical (unpaired) electrons. The first-order chi connectivity index (χ1) is 19.4. The molecule has 7 rings (SSSR count). The number of para-hydroxylation sites is 1. The second-order valence-electron chi connectivity index (χ2n) is 11.9. The van der Waals surface area contributed by atoms with E-state index in [2.05, 4.69) is 129 Å². The first-order valence-electron chi connectivity index (χ1n) is 14.5. The van der Waals surface area contributed by atoms with Crippen LogP contribution in [0.5, 0.6) is 0 Å². The zero-order valence-corrected chi connectivity index (χ0v) is 25.4. The van der Waals surface area contributed by atoms with Crippen molar-refractivity contribution in [2.24, 2.45) is 5.41 Å². The maximum Gasteiger partial charge on any atom is 0.0988 e. The summed E-state index contributed by atoms with van der Waals surface area (Å²) >= 11 is 3.91. The van der Waals surface area contributed by atoms with Gasteiger partial charge >= 0.3 is 0 Å². The van der Waals surface area contributed by atoms with E-state index in [1.807, 2.05) is 23.5 Å². The van der Waals surface area contributed by atoms with Gasteiger partial charge in [0.2, 0.25) is 0 Å². The van der Waals surface area contributed by atoms with Gasteiger partial charge in [-0.15, -0.1) is 0 Å².